The molecule has 0 fully saturated rings. The van der Waals surface area contributed by atoms with Crippen molar-refractivity contribution < 1.29 is 9.59 Å². The number of carbonyl (C=O) groups excluding carboxylic acids is 2. The van der Waals surface area contributed by atoms with Gasteiger partial charge in [0.25, 0.3) is 0 Å². The van der Waals surface area contributed by atoms with E-state index in [1.807, 2.05) is 0 Å². The molecule has 0 aliphatic carbocycles. The van der Waals surface area contributed by atoms with E-state index in [4.69, 9.17) is 17.3 Å². The van der Waals surface area contributed by atoms with Crippen LogP contribution >= 0.6 is 11.6 Å². The zero-order valence-electron chi connectivity index (χ0n) is 9.57. The average Bonchev–Trinajstić information content (AvgIpc) is 2.25. The summed E-state index contributed by atoms with van der Waals surface area (Å²) in [6.45, 7) is 1.97. The number of hydrogen-bond donors (Lipinski definition) is 2. The number of benzene rings is 1. The van der Waals surface area contributed by atoms with E-state index in [1.54, 1.807) is 24.3 Å². The number of rotatable bonds is 6. The highest BCUT2D eigenvalue weighted by Crippen LogP contribution is 2.18. The summed E-state index contributed by atoms with van der Waals surface area (Å²) in [5, 5.41) is 3.48. The molecule has 0 aromatic heterocycles. The summed E-state index contributed by atoms with van der Waals surface area (Å²) in [6, 6.07) is 7.09. The van der Waals surface area contributed by atoms with E-state index >= 15 is 0 Å². The third-order valence-corrected chi connectivity index (χ3v) is 2.66. The molecule has 5 heteroatoms. The predicted molar refractivity (Wildman–Crippen MR) is 66.9 cm³/mol. The van der Waals surface area contributed by atoms with Crippen LogP contribution < -0.4 is 11.1 Å². The van der Waals surface area contributed by atoms with Crippen LogP contribution in [0.1, 0.15) is 18.4 Å². The molecule has 1 amide bonds. The molecule has 17 heavy (non-hydrogen) atoms. The van der Waals surface area contributed by atoms with Crippen molar-refractivity contribution in [3.05, 3.63) is 34.9 Å². The van der Waals surface area contributed by atoms with Crippen molar-refractivity contribution in [1.29, 1.82) is 0 Å². The minimum absolute atomic E-state index is 0.0318. The molecule has 1 unspecified atom stereocenters. The number of nitrogens with two attached hydrogens (primary N) is 1. The zero-order valence-corrected chi connectivity index (χ0v) is 10.3. The van der Waals surface area contributed by atoms with Crippen LogP contribution in [0.4, 0.5) is 0 Å². The molecule has 1 aromatic carbocycles. The summed E-state index contributed by atoms with van der Waals surface area (Å²) in [5.74, 6) is -0.695. The van der Waals surface area contributed by atoms with E-state index in [0.717, 1.165) is 5.56 Å². The molecule has 0 aliphatic heterocycles. The lowest BCUT2D eigenvalue weighted by Gasteiger charge is -2.14. The average molecular weight is 255 g/mol. The second-order valence-corrected chi connectivity index (χ2v) is 4.25. The van der Waals surface area contributed by atoms with Crippen LogP contribution in [-0.4, -0.2) is 24.8 Å². The second-order valence-electron chi connectivity index (χ2n) is 3.81. The maximum Gasteiger partial charge on any atom is 0.231 e. The van der Waals surface area contributed by atoms with E-state index < -0.39 is 5.91 Å². The van der Waals surface area contributed by atoms with E-state index in [9.17, 15) is 9.59 Å². The number of amides is 1. The Hall–Kier alpha value is -1.39. The Morgan fingerprint density at radius 3 is 2.41 bits per heavy atom. The van der Waals surface area contributed by atoms with Crippen molar-refractivity contribution in [1.82, 2.24) is 5.32 Å². The molecule has 1 aromatic rings. The Bertz CT molecular complexity index is 403. The minimum Gasteiger partial charge on any atom is -0.369 e. The van der Waals surface area contributed by atoms with Crippen LogP contribution in [0.25, 0.3) is 0 Å². The SMILES string of the molecule is CC(=O)C(CNCC(N)=O)c1ccc(Cl)cc1. The fourth-order valence-electron chi connectivity index (χ4n) is 1.53. The number of primary amides is 1. The Morgan fingerprint density at radius 2 is 1.94 bits per heavy atom. The van der Waals surface area contributed by atoms with Gasteiger partial charge < -0.3 is 11.1 Å². The quantitative estimate of drug-likeness (QED) is 0.798. The van der Waals surface area contributed by atoms with Crippen molar-refractivity contribution in [2.45, 2.75) is 12.8 Å². The molecule has 0 spiro atoms. The summed E-state index contributed by atoms with van der Waals surface area (Å²) in [6.07, 6.45) is 0. The van der Waals surface area contributed by atoms with E-state index in [2.05, 4.69) is 5.32 Å². The standard InChI is InChI=1S/C12H15ClN2O2/c1-8(16)11(6-15-7-12(14)17)9-2-4-10(13)5-3-9/h2-5,11,15H,6-7H2,1H3,(H2,14,17). The monoisotopic (exact) mass is 254 g/mol. The highest BCUT2D eigenvalue weighted by molar-refractivity contribution is 6.30. The number of ketones is 1. The van der Waals surface area contributed by atoms with Crippen LogP contribution in [-0.2, 0) is 9.59 Å². The largest absolute Gasteiger partial charge is 0.369 e. The van der Waals surface area contributed by atoms with Crippen molar-refractivity contribution in [3.63, 3.8) is 0 Å². The molecule has 0 aliphatic rings. The van der Waals surface area contributed by atoms with E-state index in [1.165, 1.54) is 6.92 Å². The number of hydrogen-bond acceptors (Lipinski definition) is 3. The Balaban J connectivity index is 2.69. The molecule has 0 radical (unpaired) electrons. The van der Waals surface area contributed by atoms with Crippen LogP contribution in [0.3, 0.4) is 0 Å². The maximum atomic E-state index is 11.5. The van der Waals surface area contributed by atoms with Crippen molar-refractivity contribution in [3.8, 4) is 0 Å². The number of halogens is 1. The van der Waals surface area contributed by atoms with Crippen molar-refractivity contribution in [2.24, 2.45) is 5.73 Å². The van der Waals surface area contributed by atoms with Gasteiger partial charge in [0.05, 0.1) is 12.5 Å². The lowest BCUT2D eigenvalue weighted by Crippen LogP contribution is -2.33. The van der Waals surface area contributed by atoms with Gasteiger partial charge in [0.1, 0.15) is 5.78 Å². The van der Waals surface area contributed by atoms with Gasteiger partial charge in [0.15, 0.2) is 0 Å². The number of nitrogens with one attached hydrogen (secondary N) is 1. The Labute approximate surface area is 105 Å². The first-order chi connectivity index (χ1) is 8.00. The Morgan fingerprint density at radius 1 is 1.35 bits per heavy atom. The lowest BCUT2D eigenvalue weighted by molar-refractivity contribution is -0.119. The molecular weight excluding hydrogens is 240 g/mol. The molecular formula is C12H15ClN2O2. The number of Topliss-reactive ketones (excluding diaryl/α,β-unsaturated/α-hetero) is 1. The predicted octanol–water partition coefficient (Wildman–Crippen LogP) is 1.09. The van der Waals surface area contributed by atoms with Crippen LogP contribution in [0.5, 0.6) is 0 Å². The highest BCUT2D eigenvalue weighted by Gasteiger charge is 2.16. The molecule has 92 valence electrons. The summed E-state index contributed by atoms with van der Waals surface area (Å²) in [7, 11) is 0. The summed E-state index contributed by atoms with van der Waals surface area (Å²) >= 11 is 5.78. The second kappa shape index (κ2) is 6.37. The fourth-order valence-corrected chi connectivity index (χ4v) is 1.66. The van der Waals surface area contributed by atoms with Gasteiger partial charge in [-0.3, -0.25) is 9.59 Å². The van der Waals surface area contributed by atoms with Gasteiger partial charge in [-0.15, -0.1) is 0 Å². The van der Waals surface area contributed by atoms with Gasteiger partial charge in [-0.25, -0.2) is 0 Å². The third kappa shape index (κ3) is 4.54. The van der Waals surface area contributed by atoms with Gasteiger partial charge in [0, 0.05) is 11.6 Å². The molecule has 4 nitrogen and oxygen atoms in total. The smallest absolute Gasteiger partial charge is 0.231 e. The van der Waals surface area contributed by atoms with Crippen LogP contribution in [0.2, 0.25) is 5.02 Å². The normalized spacial score (nSPS) is 12.1. The third-order valence-electron chi connectivity index (χ3n) is 2.41. The first-order valence-corrected chi connectivity index (χ1v) is 5.63. The molecule has 1 rings (SSSR count). The minimum atomic E-state index is -0.441. The summed E-state index contributed by atoms with van der Waals surface area (Å²) in [5.41, 5.74) is 5.88. The van der Waals surface area contributed by atoms with Gasteiger partial charge in [-0.1, -0.05) is 23.7 Å². The summed E-state index contributed by atoms with van der Waals surface area (Å²) in [4.78, 5) is 22.1. The molecule has 1 atom stereocenters. The molecule has 0 bridgehead atoms. The van der Waals surface area contributed by atoms with Crippen LogP contribution in [0, 0.1) is 0 Å². The van der Waals surface area contributed by atoms with Gasteiger partial charge >= 0.3 is 0 Å². The number of carbonyl (C=O) groups is 2. The van der Waals surface area contributed by atoms with Crippen molar-refractivity contribution in [2.75, 3.05) is 13.1 Å². The topological polar surface area (TPSA) is 72.2 Å². The molecule has 0 saturated heterocycles. The van der Waals surface area contributed by atoms with Gasteiger partial charge in [-0.05, 0) is 24.6 Å². The van der Waals surface area contributed by atoms with Gasteiger partial charge in [0.2, 0.25) is 5.91 Å². The fraction of sp³-hybridized carbons (Fsp3) is 0.333. The van der Waals surface area contributed by atoms with Crippen molar-refractivity contribution >= 4 is 23.3 Å². The first kappa shape index (κ1) is 13.7. The maximum absolute atomic E-state index is 11.5. The van der Waals surface area contributed by atoms with Gasteiger partial charge in [-0.2, -0.15) is 0 Å². The van der Waals surface area contributed by atoms with E-state index in [0.29, 0.717) is 11.6 Å². The lowest BCUT2D eigenvalue weighted by atomic mass is 9.95. The summed E-state index contributed by atoms with van der Waals surface area (Å²) < 4.78 is 0. The van der Waals surface area contributed by atoms with Crippen LogP contribution in [0.15, 0.2) is 24.3 Å². The first-order valence-electron chi connectivity index (χ1n) is 5.25. The van der Waals surface area contributed by atoms with E-state index in [-0.39, 0.29) is 18.2 Å². The molecule has 3 N–H and O–H groups in total. The Kier molecular flexibility index (Phi) is 5.12. The molecule has 0 heterocycles. The molecule has 0 saturated carbocycles. The zero-order chi connectivity index (χ0) is 12.8. The highest BCUT2D eigenvalue weighted by atomic mass is 35.5.